The molecule has 0 saturated carbocycles. The molecule has 1 amide bonds. The number of fused-ring (bicyclic) bond motifs is 1. The third-order valence-electron chi connectivity index (χ3n) is 3.67. The van der Waals surface area contributed by atoms with E-state index in [-0.39, 0.29) is 5.91 Å². The zero-order valence-corrected chi connectivity index (χ0v) is 15.0. The van der Waals surface area contributed by atoms with Crippen molar-refractivity contribution >= 4 is 33.2 Å². The van der Waals surface area contributed by atoms with E-state index in [1.54, 1.807) is 16.5 Å². The highest BCUT2D eigenvalue weighted by atomic mass is 79.9. The van der Waals surface area contributed by atoms with Crippen LogP contribution < -0.4 is 5.32 Å². The minimum atomic E-state index is -0.390. The summed E-state index contributed by atoms with van der Waals surface area (Å²) in [5.41, 5.74) is 3.35. The van der Waals surface area contributed by atoms with E-state index in [4.69, 9.17) is 0 Å². The van der Waals surface area contributed by atoms with Gasteiger partial charge in [0, 0.05) is 11.9 Å². The Morgan fingerprint density at radius 2 is 2.17 bits per heavy atom. The first kappa shape index (κ1) is 16.6. The lowest BCUT2D eigenvalue weighted by atomic mass is 10.2. The number of hydrogen-bond acceptors (Lipinski definition) is 2. The number of imidazole rings is 1. The molecule has 124 valence electrons. The minimum Gasteiger partial charge on any atom is -0.321 e. The highest BCUT2D eigenvalue weighted by molar-refractivity contribution is 9.10. The summed E-state index contributed by atoms with van der Waals surface area (Å²) in [4.78, 5) is 17.4. The van der Waals surface area contributed by atoms with Gasteiger partial charge in [0.15, 0.2) is 5.65 Å². The number of amides is 1. The summed E-state index contributed by atoms with van der Waals surface area (Å²) in [6.45, 7) is 4.00. The molecule has 1 N–H and O–H groups in total. The molecule has 2 aromatic heterocycles. The average Bonchev–Trinajstić information content (AvgIpc) is 2.86. The van der Waals surface area contributed by atoms with Crippen LogP contribution in [0.15, 0.2) is 41.0 Å². The fourth-order valence-corrected chi connectivity index (χ4v) is 3.33. The number of aromatic nitrogens is 2. The van der Waals surface area contributed by atoms with Gasteiger partial charge in [-0.1, -0.05) is 19.4 Å². The lowest BCUT2D eigenvalue weighted by Crippen LogP contribution is -2.16. The van der Waals surface area contributed by atoms with Gasteiger partial charge in [-0.15, -0.1) is 0 Å². The van der Waals surface area contributed by atoms with Crippen molar-refractivity contribution in [2.75, 3.05) is 5.32 Å². The van der Waals surface area contributed by atoms with Crippen LogP contribution in [0.2, 0.25) is 0 Å². The average molecular weight is 390 g/mol. The van der Waals surface area contributed by atoms with Gasteiger partial charge in [0.1, 0.15) is 11.5 Å². The van der Waals surface area contributed by atoms with Crippen molar-refractivity contribution in [1.82, 2.24) is 9.38 Å². The normalized spacial score (nSPS) is 11.0. The zero-order valence-electron chi connectivity index (χ0n) is 13.4. The van der Waals surface area contributed by atoms with Crippen LogP contribution in [0.5, 0.6) is 0 Å². The Kier molecular flexibility index (Phi) is 4.66. The first-order valence-electron chi connectivity index (χ1n) is 7.73. The predicted molar refractivity (Wildman–Crippen MR) is 96.0 cm³/mol. The number of nitrogens with zero attached hydrogens (tertiary/aromatic N) is 2. The first-order valence-corrected chi connectivity index (χ1v) is 8.53. The van der Waals surface area contributed by atoms with Crippen LogP contribution in [0.3, 0.4) is 0 Å². The Balaban J connectivity index is 2.09. The maximum absolute atomic E-state index is 13.3. The van der Waals surface area contributed by atoms with Crippen LogP contribution in [0.4, 0.5) is 10.1 Å². The number of benzene rings is 1. The van der Waals surface area contributed by atoms with E-state index in [1.807, 2.05) is 26.1 Å². The van der Waals surface area contributed by atoms with Crippen LogP contribution in [0.25, 0.3) is 5.65 Å². The Hall–Kier alpha value is -2.21. The third kappa shape index (κ3) is 3.19. The highest BCUT2D eigenvalue weighted by Crippen LogP contribution is 2.24. The second-order valence-electron chi connectivity index (χ2n) is 5.68. The van der Waals surface area contributed by atoms with Gasteiger partial charge in [-0.25, -0.2) is 9.37 Å². The van der Waals surface area contributed by atoms with Crippen molar-refractivity contribution in [3.05, 3.63) is 63.8 Å². The molecule has 3 aromatic rings. The number of nitrogens with one attached hydrogen (secondary N) is 1. The molecule has 2 heterocycles. The number of pyridine rings is 1. The smallest absolute Gasteiger partial charge is 0.274 e. The monoisotopic (exact) mass is 389 g/mol. The summed E-state index contributed by atoms with van der Waals surface area (Å²) in [6.07, 6.45) is 3.45. The standard InChI is InChI=1S/C18H17BrFN3O/c1-3-5-15-16(18(24)21-13-7-4-6-12(20)9-13)23-10-11(2)8-14(19)17(23)22-15/h4,6-10H,3,5H2,1-2H3,(H,21,24). The highest BCUT2D eigenvalue weighted by Gasteiger charge is 2.20. The van der Waals surface area contributed by atoms with Crippen LogP contribution in [-0.2, 0) is 6.42 Å². The summed E-state index contributed by atoms with van der Waals surface area (Å²) in [6, 6.07) is 7.82. The quantitative estimate of drug-likeness (QED) is 0.699. The van der Waals surface area contributed by atoms with Gasteiger partial charge in [0.2, 0.25) is 0 Å². The molecule has 0 spiro atoms. The molecule has 1 aromatic carbocycles. The molecule has 0 bridgehead atoms. The maximum atomic E-state index is 13.3. The summed E-state index contributed by atoms with van der Waals surface area (Å²) in [5, 5.41) is 2.76. The van der Waals surface area contributed by atoms with Gasteiger partial charge in [-0.3, -0.25) is 9.20 Å². The van der Waals surface area contributed by atoms with Crippen LogP contribution in [0, 0.1) is 12.7 Å². The second kappa shape index (κ2) is 6.73. The molecule has 0 atom stereocenters. The number of halogens is 2. The van der Waals surface area contributed by atoms with Crippen LogP contribution in [0.1, 0.15) is 35.1 Å². The SMILES string of the molecule is CCCc1nc2c(Br)cc(C)cn2c1C(=O)Nc1cccc(F)c1. The first-order chi connectivity index (χ1) is 11.5. The molecule has 0 aliphatic heterocycles. The Bertz CT molecular complexity index is 920. The van der Waals surface area contributed by atoms with Gasteiger partial charge in [-0.05, 0) is 59.1 Å². The Morgan fingerprint density at radius 3 is 2.88 bits per heavy atom. The number of aryl methyl sites for hydroxylation is 2. The van der Waals surface area contributed by atoms with Crippen molar-refractivity contribution in [3.8, 4) is 0 Å². The lowest BCUT2D eigenvalue weighted by molar-refractivity contribution is 0.102. The minimum absolute atomic E-state index is 0.297. The maximum Gasteiger partial charge on any atom is 0.274 e. The van der Waals surface area contributed by atoms with E-state index in [1.165, 1.54) is 12.1 Å². The predicted octanol–water partition coefficient (Wildman–Crippen LogP) is 4.75. The van der Waals surface area contributed by atoms with E-state index < -0.39 is 5.82 Å². The van der Waals surface area contributed by atoms with Crippen molar-refractivity contribution in [3.63, 3.8) is 0 Å². The van der Waals surface area contributed by atoms with E-state index in [0.717, 1.165) is 22.2 Å². The molecule has 0 saturated heterocycles. The van der Waals surface area contributed by atoms with E-state index >= 15 is 0 Å². The molecule has 6 heteroatoms. The van der Waals surface area contributed by atoms with E-state index in [2.05, 4.69) is 26.2 Å². The fraction of sp³-hybridized carbons (Fsp3) is 0.222. The fourth-order valence-electron chi connectivity index (χ4n) is 2.69. The number of carbonyl (C=O) groups excluding carboxylic acids is 1. The topological polar surface area (TPSA) is 46.4 Å². The van der Waals surface area contributed by atoms with Crippen LogP contribution >= 0.6 is 15.9 Å². The van der Waals surface area contributed by atoms with Crippen molar-refractivity contribution in [2.45, 2.75) is 26.7 Å². The summed E-state index contributed by atoms with van der Waals surface area (Å²) in [5.74, 6) is -0.688. The van der Waals surface area contributed by atoms with Crippen molar-refractivity contribution in [1.29, 1.82) is 0 Å². The molecule has 3 rings (SSSR count). The lowest BCUT2D eigenvalue weighted by Gasteiger charge is -2.08. The Morgan fingerprint density at radius 1 is 1.38 bits per heavy atom. The molecule has 0 unspecified atom stereocenters. The number of anilines is 1. The van der Waals surface area contributed by atoms with Gasteiger partial charge in [0.25, 0.3) is 5.91 Å². The molecule has 24 heavy (non-hydrogen) atoms. The molecule has 4 nitrogen and oxygen atoms in total. The van der Waals surface area contributed by atoms with Crippen molar-refractivity contribution in [2.24, 2.45) is 0 Å². The molecule has 0 aliphatic rings. The number of rotatable bonds is 4. The largest absolute Gasteiger partial charge is 0.321 e. The zero-order chi connectivity index (χ0) is 17.3. The summed E-state index contributed by atoms with van der Waals surface area (Å²) in [7, 11) is 0. The van der Waals surface area contributed by atoms with Gasteiger partial charge >= 0.3 is 0 Å². The second-order valence-corrected chi connectivity index (χ2v) is 6.53. The van der Waals surface area contributed by atoms with E-state index in [0.29, 0.717) is 23.4 Å². The molecular formula is C18H17BrFN3O. The molecule has 0 fully saturated rings. The van der Waals surface area contributed by atoms with Crippen molar-refractivity contribution < 1.29 is 9.18 Å². The van der Waals surface area contributed by atoms with Gasteiger partial charge in [0.05, 0.1) is 10.2 Å². The van der Waals surface area contributed by atoms with E-state index in [9.17, 15) is 9.18 Å². The Labute approximate surface area is 147 Å². The number of carbonyl (C=O) groups is 1. The molecular weight excluding hydrogens is 373 g/mol. The van der Waals surface area contributed by atoms with Gasteiger partial charge in [-0.2, -0.15) is 0 Å². The van der Waals surface area contributed by atoms with Crippen LogP contribution in [-0.4, -0.2) is 15.3 Å². The summed E-state index contributed by atoms with van der Waals surface area (Å²) >= 11 is 3.51. The molecule has 0 radical (unpaired) electrons. The third-order valence-corrected chi connectivity index (χ3v) is 4.25. The summed E-state index contributed by atoms with van der Waals surface area (Å²) < 4.78 is 16.0. The van der Waals surface area contributed by atoms with Gasteiger partial charge < -0.3 is 5.32 Å². The molecule has 0 aliphatic carbocycles. The number of hydrogen-bond donors (Lipinski definition) is 1.